The molecule has 1 fully saturated rings. The zero-order chi connectivity index (χ0) is 12.3. The molecule has 17 heavy (non-hydrogen) atoms. The number of hydrogen-bond acceptors (Lipinski definition) is 1. The fraction of sp³-hybridized carbons (Fsp3) is 0.500. The van der Waals surface area contributed by atoms with Crippen LogP contribution in [0.4, 0.5) is 0 Å². The van der Waals surface area contributed by atoms with Crippen LogP contribution in [0.25, 0.3) is 0 Å². The van der Waals surface area contributed by atoms with E-state index in [1.807, 2.05) is 29.2 Å². The Morgan fingerprint density at radius 1 is 1.53 bits per heavy atom. The zero-order valence-corrected chi connectivity index (χ0v) is 11.7. The van der Waals surface area contributed by atoms with Crippen LogP contribution in [0.3, 0.4) is 0 Å². The van der Waals surface area contributed by atoms with Crippen molar-refractivity contribution in [3.8, 4) is 0 Å². The van der Waals surface area contributed by atoms with Gasteiger partial charge in [0.2, 0.25) is 0 Å². The molecule has 1 heterocycles. The molecule has 1 aliphatic rings. The van der Waals surface area contributed by atoms with Crippen LogP contribution in [0.15, 0.2) is 28.7 Å². The van der Waals surface area contributed by atoms with Gasteiger partial charge < -0.3 is 4.90 Å². The topological polar surface area (TPSA) is 20.3 Å². The van der Waals surface area contributed by atoms with Crippen LogP contribution < -0.4 is 0 Å². The average Bonchev–Trinajstić information content (AvgIpc) is 2.38. The maximum absolute atomic E-state index is 12.3. The van der Waals surface area contributed by atoms with E-state index in [0.717, 1.165) is 29.5 Å². The maximum Gasteiger partial charge on any atom is 0.253 e. The molecule has 1 saturated heterocycles. The van der Waals surface area contributed by atoms with Crippen LogP contribution in [0.5, 0.6) is 0 Å². The molecular weight excluding hydrogens is 278 g/mol. The first kappa shape index (κ1) is 12.6. The predicted octanol–water partition coefficient (Wildman–Crippen LogP) is 3.71. The number of benzene rings is 1. The molecule has 92 valence electrons. The van der Waals surface area contributed by atoms with Gasteiger partial charge in [0.05, 0.1) is 0 Å². The van der Waals surface area contributed by atoms with Crippen molar-refractivity contribution in [1.82, 2.24) is 4.90 Å². The van der Waals surface area contributed by atoms with Gasteiger partial charge in [0, 0.05) is 23.1 Å². The fourth-order valence-corrected chi connectivity index (χ4v) is 2.79. The molecular formula is C14H18BrNO. The van der Waals surface area contributed by atoms with E-state index in [2.05, 4.69) is 22.9 Å². The number of nitrogens with zero attached hydrogens (tertiary/aromatic N) is 1. The number of carbonyl (C=O) groups excluding carboxylic acids is 1. The van der Waals surface area contributed by atoms with Crippen LogP contribution in [0.1, 0.15) is 36.5 Å². The lowest BCUT2D eigenvalue weighted by Crippen LogP contribution is -2.39. The number of likely N-dealkylation sites (tertiary alicyclic amines) is 1. The summed E-state index contributed by atoms with van der Waals surface area (Å²) in [5.74, 6) is 0.851. The third-order valence-electron chi connectivity index (χ3n) is 3.46. The molecule has 1 aromatic carbocycles. The smallest absolute Gasteiger partial charge is 0.253 e. The largest absolute Gasteiger partial charge is 0.338 e. The second-order valence-corrected chi connectivity index (χ2v) is 5.59. The second-order valence-electron chi connectivity index (χ2n) is 4.68. The quantitative estimate of drug-likeness (QED) is 0.814. The minimum absolute atomic E-state index is 0.171. The van der Waals surface area contributed by atoms with Gasteiger partial charge >= 0.3 is 0 Å². The number of halogens is 1. The summed E-state index contributed by atoms with van der Waals surface area (Å²) in [6, 6.07) is 7.65. The highest BCUT2D eigenvalue weighted by molar-refractivity contribution is 9.10. The zero-order valence-electron chi connectivity index (χ0n) is 10.2. The van der Waals surface area contributed by atoms with E-state index in [4.69, 9.17) is 0 Å². The first-order valence-electron chi connectivity index (χ1n) is 6.25. The molecule has 0 radical (unpaired) electrons. The summed E-state index contributed by atoms with van der Waals surface area (Å²) < 4.78 is 0.965. The molecule has 1 aromatic rings. The van der Waals surface area contributed by atoms with Crippen molar-refractivity contribution in [3.63, 3.8) is 0 Å². The van der Waals surface area contributed by atoms with Gasteiger partial charge in [-0.3, -0.25) is 4.79 Å². The van der Waals surface area contributed by atoms with Crippen molar-refractivity contribution >= 4 is 21.8 Å². The summed E-state index contributed by atoms with van der Waals surface area (Å²) in [6.45, 7) is 4.03. The first-order valence-corrected chi connectivity index (χ1v) is 7.05. The Labute approximate surface area is 111 Å². The first-order chi connectivity index (χ1) is 8.20. The molecule has 0 saturated carbocycles. The molecule has 0 bridgehead atoms. The highest BCUT2D eigenvalue weighted by Crippen LogP contribution is 2.21. The van der Waals surface area contributed by atoms with E-state index in [9.17, 15) is 4.79 Å². The van der Waals surface area contributed by atoms with Crippen LogP contribution >= 0.6 is 15.9 Å². The SMILES string of the molecule is CCC1CCCN(C(=O)c2cccc(Br)c2)C1. The van der Waals surface area contributed by atoms with Gasteiger partial charge in [0.25, 0.3) is 5.91 Å². The lowest BCUT2D eigenvalue weighted by Gasteiger charge is -2.32. The number of amides is 1. The molecule has 0 aliphatic carbocycles. The third-order valence-corrected chi connectivity index (χ3v) is 3.95. The summed E-state index contributed by atoms with van der Waals surface area (Å²) in [5, 5.41) is 0. The standard InChI is InChI=1S/C14H18BrNO/c1-2-11-5-4-8-16(10-11)14(17)12-6-3-7-13(15)9-12/h3,6-7,9,11H,2,4-5,8,10H2,1H3. The Morgan fingerprint density at radius 3 is 3.06 bits per heavy atom. The second kappa shape index (κ2) is 5.67. The van der Waals surface area contributed by atoms with Gasteiger partial charge in [0.1, 0.15) is 0 Å². The van der Waals surface area contributed by atoms with Gasteiger partial charge in [-0.1, -0.05) is 35.3 Å². The van der Waals surface area contributed by atoms with Crippen molar-refractivity contribution in [2.24, 2.45) is 5.92 Å². The van der Waals surface area contributed by atoms with Crippen LogP contribution in [-0.4, -0.2) is 23.9 Å². The van der Waals surface area contributed by atoms with Gasteiger partial charge in [-0.05, 0) is 37.0 Å². The highest BCUT2D eigenvalue weighted by Gasteiger charge is 2.23. The van der Waals surface area contributed by atoms with Gasteiger partial charge in [0.15, 0.2) is 0 Å². The Morgan fingerprint density at radius 2 is 2.35 bits per heavy atom. The molecule has 1 unspecified atom stereocenters. The van der Waals surface area contributed by atoms with Crippen molar-refractivity contribution in [1.29, 1.82) is 0 Å². The third kappa shape index (κ3) is 3.09. The molecule has 2 rings (SSSR count). The van der Waals surface area contributed by atoms with Gasteiger partial charge in [-0.25, -0.2) is 0 Å². The van der Waals surface area contributed by atoms with Gasteiger partial charge in [-0.2, -0.15) is 0 Å². The predicted molar refractivity (Wildman–Crippen MR) is 73.1 cm³/mol. The number of piperidine rings is 1. The number of carbonyl (C=O) groups is 1. The normalized spacial score (nSPS) is 20.4. The van der Waals surface area contributed by atoms with E-state index in [1.165, 1.54) is 12.8 Å². The minimum Gasteiger partial charge on any atom is -0.338 e. The Balaban J connectivity index is 2.09. The van der Waals surface area contributed by atoms with E-state index >= 15 is 0 Å². The van der Waals surface area contributed by atoms with Crippen LogP contribution in [0.2, 0.25) is 0 Å². The monoisotopic (exact) mass is 295 g/mol. The Kier molecular flexibility index (Phi) is 4.21. The molecule has 1 amide bonds. The van der Waals surface area contributed by atoms with E-state index in [0.29, 0.717) is 5.92 Å². The lowest BCUT2D eigenvalue weighted by atomic mass is 9.95. The lowest BCUT2D eigenvalue weighted by molar-refractivity contribution is 0.0671. The molecule has 2 nitrogen and oxygen atoms in total. The average molecular weight is 296 g/mol. The van der Waals surface area contributed by atoms with Gasteiger partial charge in [-0.15, -0.1) is 0 Å². The summed E-state index contributed by atoms with van der Waals surface area (Å²) >= 11 is 3.41. The molecule has 0 spiro atoms. The number of hydrogen-bond donors (Lipinski definition) is 0. The summed E-state index contributed by atoms with van der Waals surface area (Å²) in [4.78, 5) is 14.3. The van der Waals surface area contributed by atoms with E-state index < -0.39 is 0 Å². The molecule has 0 aromatic heterocycles. The van der Waals surface area contributed by atoms with Crippen molar-refractivity contribution in [3.05, 3.63) is 34.3 Å². The van der Waals surface area contributed by atoms with E-state index in [1.54, 1.807) is 0 Å². The molecule has 3 heteroatoms. The Bertz CT molecular complexity index is 405. The van der Waals surface area contributed by atoms with E-state index in [-0.39, 0.29) is 5.91 Å². The van der Waals surface area contributed by atoms with Crippen LogP contribution in [-0.2, 0) is 0 Å². The van der Waals surface area contributed by atoms with Crippen LogP contribution in [0, 0.1) is 5.92 Å². The van der Waals surface area contributed by atoms with Crippen molar-refractivity contribution in [2.45, 2.75) is 26.2 Å². The molecule has 1 aliphatic heterocycles. The minimum atomic E-state index is 0.171. The Hall–Kier alpha value is -0.830. The molecule has 0 N–H and O–H groups in total. The molecule has 1 atom stereocenters. The summed E-state index contributed by atoms with van der Waals surface area (Å²) in [5.41, 5.74) is 0.788. The number of rotatable bonds is 2. The summed E-state index contributed by atoms with van der Waals surface area (Å²) in [7, 11) is 0. The fourth-order valence-electron chi connectivity index (χ4n) is 2.39. The highest BCUT2D eigenvalue weighted by atomic mass is 79.9. The van der Waals surface area contributed by atoms with Crippen molar-refractivity contribution < 1.29 is 4.79 Å². The maximum atomic E-state index is 12.3. The van der Waals surface area contributed by atoms with Crippen molar-refractivity contribution in [2.75, 3.05) is 13.1 Å². The summed E-state index contributed by atoms with van der Waals surface area (Å²) in [6.07, 6.45) is 3.57.